The maximum atomic E-state index is 3.90. The van der Waals surface area contributed by atoms with Gasteiger partial charge in [0.25, 0.3) is 0 Å². The molecule has 0 aromatic heterocycles. The molecule has 24 heavy (non-hydrogen) atoms. The first-order valence-corrected chi connectivity index (χ1v) is 12.4. The van der Waals surface area contributed by atoms with E-state index in [2.05, 4.69) is 25.6 Å². The minimum absolute atomic E-state index is 1.12. The average molecular weight is 356 g/mol. The van der Waals surface area contributed by atoms with Crippen molar-refractivity contribution in [2.75, 3.05) is 11.5 Å². The molecule has 0 fully saturated rings. The minimum Gasteiger partial charge on any atom is -0.162 e. The van der Waals surface area contributed by atoms with E-state index in [1.165, 1.54) is 127 Å². The van der Waals surface area contributed by atoms with Crippen molar-refractivity contribution in [2.45, 2.75) is 129 Å². The lowest BCUT2D eigenvalue weighted by Crippen LogP contribution is -1.87. The van der Waals surface area contributed by atoms with Gasteiger partial charge in [-0.05, 0) is 24.3 Å². The molecule has 0 rings (SSSR count). The number of rotatable bonds is 21. The van der Waals surface area contributed by atoms with Crippen LogP contribution in [0.4, 0.5) is 0 Å². The second kappa shape index (κ2) is 23.4. The first-order chi connectivity index (χ1) is 11.9. The van der Waals surface area contributed by atoms with Crippen LogP contribution in [-0.4, -0.2) is 11.5 Å². The maximum absolute atomic E-state index is 3.90. The van der Waals surface area contributed by atoms with Gasteiger partial charge in [0.15, 0.2) is 0 Å². The van der Waals surface area contributed by atoms with Crippen LogP contribution in [0.1, 0.15) is 129 Å². The van der Waals surface area contributed by atoms with Crippen LogP contribution in [0.5, 0.6) is 0 Å². The summed E-state index contributed by atoms with van der Waals surface area (Å²) in [7, 11) is 0. The van der Waals surface area contributed by atoms with Crippen LogP contribution >= 0.6 is 11.8 Å². The second-order valence-electron chi connectivity index (χ2n) is 7.48. The van der Waals surface area contributed by atoms with Gasteiger partial charge in [0, 0.05) is 0 Å². The molecule has 0 aromatic carbocycles. The van der Waals surface area contributed by atoms with Gasteiger partial charge in [-0.3, -0.25) is 0 Å². The van der Waals surface area contributed by atoms with Crippen LogP contribution in [0.2, 0.25) is 0 Å². The predicted octanol–water partition coefficient (Wildman–Crippen LogP) is 8.99. The molecule has 1 heteroatoms. The molecule has 0 spiro atoms. The van der Waals surface area contributed by atoms with Crippen LogP contribution in [0.3, 0.4) is 0 Å². The zero-order valence-corrected chi connectivity index (χ0v) is 17.8. The number of unbranched alkanes of at least 4 members (excludes halogenated alkanes) is 17. The normalized spacial score (nSPS) is 11.2. The summed E-state index contributed by atoms with van der Waals surface area (Å²) >= 11 is 2.20. The third kappa shape index (κ3) is 22.4. The molecule has 0 atom stereocenters. The first-order valence-electron chi connectivity index (χ1n) is 11.3. The Morgan fingerprint density at radius 2 is 0.792 bits per heavy atom. The van der Waals surface area contributed by atoms with E-state index in [1.807, 2.05) is 0 Å². The molecule has 0 aliphatic carbocycles. The quantitative estimate of drug-likeness (QED) is 0.185. The molecule has 1 radical (unpaired) electrons. The minimum atomic E-state index is 1.12. The van der Waals surface area contributed by atoms with Gasteiger partial charge in [0.2, 0.25) is 0 Å². The zero-order valence-electron chi connectivity index (χ0n) is 17.0. The standard InChI is InChI=1S/C23H47S/c1-3-5-7-9-11-13-15-17-19-21-23-24-22-20-18-16-14-12-10-8-6-4-2/h1,3-23H2,2H3. The second-order valence-corrected chi connectivity index (χ2v) is 8.70. The van der Waals surface area contributed by atoms with E-state index in [0.717, 1.165) is 6.42 Å². The van der Waals surface area contributed by atoms with Gasteiger partial charge in [0.1, 0.15) is 0 Å². The number of hydrogen-bond donors (Lipinski definition) is 0. The fraction of sp³-hybridized carbons (Fsp3) is 0.957. The van der Waals surface area contributed by atoms with E-state index in [-0.39, 0.29) is 0 Å². The molecule has 0 unspecified atom stereocenters. The highest BCUT2D eigenvalue weighted by atomic mass is 32.2. The first kappa shape index (κ1) is 24.4. The Morgan fingerprint density at radius 1 is 0.458 bits per heavy atom. The van der Waals surface area contributed by atoms with Crippen LogP contribution < -0.4 is 0 Å². The van der Waals surface area contributed by atoms with Crippen molar-refractivity contribution in [1.29, 1.82) is 0 Å². The highest BCUT2D eigenvalue weighted by Crippen LogP contribution is 2.14. The van der Waals surface area contributed by atoms with Gasteiger partial charge in [-0.2, -0.15) is 11.8 Å². The summed E-state index contributed by atoms with van der Waals surface area (Å²) in [6.07, 6.45) is 27.1. The fourth-order valence-electron chi connectivity index (χ4n) is 3.24. The average Bonchev–Trinajstić information content (AvgIpc) is 2.60. The zero-order chi connectivity index (χ0) is 17.6. The molecule has 0 heterocycles. The third-order valence-corrected chi connectivity index (χ3v) is 6.09. The summed E-state index contributed by atoms with van der Waals surface area (Å²) in [6, 6.07) is 0. The Hall–Kier alpha value is 0.350. The van der Waals surface area contributed by atoms with Crippen molar-refractivity contribution < 1.29 is 0 Å². The third-order valence-electron chi connectivity index (χ3n) is 4.93. The number of hydrogen-bond acceptors (Lipinski definition) is 1. The van der Waals surface area contributed by atoms with Crippen molar-refractivity contribution in [3.63, 3.8) is 0 Å². The molecule has 0 nitrogen and oxygen atoms in total. The van der Waals surface area contributed by atoms with Crippen molar-refractivity contribution in [2.24, 2.45) is 0 Å². The van der Waals surface area contributed by atoms with Crippen molar-refractivity contribution in [3.05, 3.63) is 6.92 Å². The molecule has 0 saturated carbocycles. The molecule has 0 amide bonds. The number of thioether (sulfide) groups is 1. The summed E-state index contributed by atoms with van der Waals surface area (Å²) in [6.45, 7) is 6.20. The molecule has 0 bridgehead atoms. The summed E-state index contributed by atoms with van der Waals surface area (Å²) < 4.78 is 0. The van der Waals surface area contributed by atoms with E-state index in [9.17, 15) is 0 Å². The Bertz CT molecular complexity index is 180. The lowest BCUT2D eigenvalue weighted by atomic mass is 10.1. The molecule has 0 saturated heterocycles. The summed E-state index contributed by atoms with van der Waals surface area (Å²) in [5.74, 6) is 2.81. The van der Waals surface area contributed by atoms with E-state index in [4.69, 9.17) is 0 Å². The lowest BCUT2D eigenvalue weighted by molar-refractivity contribution is 0.567. The SMILES string of the molecule is [CH2]CCCCCCCCCCCSCCCCCCCCCCC. The van der Waals surface area contributed by atoms with E-state index in [1.54, 1.807) is 0 Å². The molecular formula is C23H47S. The maximum Gasteiger partial charge on any atom is -0.00675 e. The fourth-order valence-corrected chi connectivity index (χ4v) is 4.26. The monoisotopic (exact) mass is 355 g/mol. The van der Waals surface area contributed by atoms with Gasteiger partial charge in [-0.1, -0.05) is 123 Å². The van der Waals surface area contributed by atoms with Crippen LogP contribution in [0.25, 0.3) is 0 Å². The molecular weight excluding hydrogens is 308 g/mol. The van der Waals surface area contributed by atoms with Gasteiger partial charge in [-0.15, -0.1) is 0 Å². The largest absolute Gasteiger partial charge is 0.162 e. The predicted molar refractivity (Wildman–Crippen MR) is 116 cm³/mol. The van der Waals surface area contributed by atoms with Crippen molar-refractivity contribution in [3.8, 4) is 0 Å². The topological polar surface area (TPSA) is 0 Å². The Kier molecular flexibility index (Phi) is 23.7. The summed E-state index contributed by atoms with van der Waals surface area (Å²) in [4.78, 5) is 0. The molecule has 145 valence electrons. The Balaban J connectivity index is 2.93. The highest BCUT2D eigenvalue weighted by Gasteiger charge is 1.95. The van der Waals surface area contributed by atoms with Gasteiger partial charge in [-0.25, -0.2) is 0 Å². The van der Waals surface area contributed by atoms with E-state index < -0.39 is 0 Å². The van der Waals surface area contributed by atoms with E-state index >= 15 is 0 Å². The Labute approximate surface area is 159 Å². The van der Waals surface area contributed by atoms with Crippen molar-refractivity contribution >= 4 is 11.8 Å². The molecule has 0 aliphatic heterocycles. The summed E-state index contributed by atoms with van der Waals surface area (Å²) in [5.41, 5.74) is 0. The molecule has 0 N–H and O–H groups in total. The van der Waals surface area contributed by atoms with Crippen LogP contribution in [-0.2, 0) is 0 Å². The van der Waals surface area contributed by atoms with Crippen molar-refractivity contribution in [1.82, 2.24) is 0 Å². The lowest BCUT2D eigenvalue weighted by Gasteiger charge is -2.04. The molecule has 0 aliphatic rings. The molecule has 0 aromatic rings. The van der Waals surface area contributed by atoms with Gasteiger partial charge >= 0.3 is 0 Å². The van der Waals surface area contributed by atoms with Crippen LogP contribution in [0, 0.1) is 6.92 Å². The summed E-state index contributed by atoms with van der Waals surface area (Å²) in [5, 5.41) is 0. The van der Waals surface area contributed by atoms with E-state index in [0.29, 0.717) is 0 Å². The smallest absolute Gasteiger partial charge is 0.00675 e. The van der Waals surface area contributed by atoms with Gasteiger partial charge in [0.05, 0.1) is 0 Å². The Morgan fingerprint density at radius 3 is 1.17 bits per heavy atom. The van der Waals surface area contributed by atoms with Gasteiger partial charge < -0.3 is 0 Å². The van der Waals surface area contributed by atoms with Crippen LogP contribution in [0.15, 0.2) is 0 Å². The highest BCUT2D eigenvalue weighted by molar-refractivity contribution is 7.99.